The van der Waals surface area contributed by atoms with Gasteiger partial charge < -0.3 is 4.74 Å². The number of nitrogens with zero attached hydrogens (tertiary/aromatic N) is 3. The molecule has 0 atom stereocenters. The van der Waals surface area contributed by atoms with Crippen molar-refractivity contribution >= 4 is 17.1 Å². The lowest BCUT2D eigenvalue weighted by molar-refractivity contribution is 0.0916. The molecular formula is C15H19N3O2S. The Morgan fingerprint density at radius 3 is 2.71 bits per heavy atom. The molecule has 0 fully saturated rings. The van der Waals surface area contributed by atoms with E-state index in [2.05, 4.69) is 18.9 Å². The van der Waals surface area contributed by atoms with Gasteiger partial charge in [0.05, 0.1) is 28.9 Å². The molecule has 3 rings (SSSR count). The summed E-state index contributed by atoms with van der Waals surface area (Å²) in [4.78, 5) is 17.8. The number of aromatic nitrogens is 3. The molecule has 6 heteroatoms. The van der Waals surface area contributed by atoms with E-state index in [-0.39, 0.29) is 11.2 Å². The van der Waals surface area contributed by atoms with Gasteiger partial charge in [0.25, 0.3) is 0 Å². The highest BCUT2D eigenvalue weighted by atomic mass is 32.1. The molecule has 21 heavy (non-hydrogen) atoms. The Hall–Kier alpha value is -1.69. The average Bonchev–Trinajstić information content (AvgIpc) is 2.88. The van der Waals surface area contributed by atoms with Gasteiger partial charge in [-0.05, 0) is 18.8 Å². The van der Waals surface area contributed by atoms with Gasteiger partial charge in [0.15, 0.2) is 5.78 Å². The highest BCUT2D eigenvalue weighted by Gasteiger charge is 2.34. The molecule has 2 aromatic rings. The number of carbonyl (C=O) groups is 1. The lowest BCUT2D eigenvalue weighted by Gasteiger charge is -2.26. The summed E-state index contributed by atoms with van der Waals surface area (Å²) in [6, 6.07) is 0. The number of hydrogen-bond acceptors (Lipinski definition) is 5. The molecule has 0 unspecified atom stereocenters. The number of methoxy groups -OCH3 is 1. The maximum atomic E-state index is 12.3. The van der Waals surface area contributed by atoms with E-state index >= 15 is 0 Å². The van der Waals surface area contributed by atoms with Crippen molar-refractivity contribution in [2.24, 2.45) is 12.5 Å². The summed E-state index contributed by atoms with van der Waals surface area (Å²) >= 11 is 1.46. The second kappa shape index (κ2) is 4.66. The number of rotatable bonds is 2. The standard InChI is InChI=1S/C15H19N3O2S/c1-8-11(14(20-5)18(4)17-8)13-16-9-6-15(2,3)7-10(19)12(9)21-13/h6-7H2,1-5H3. The first-order chi connectivity index (χ1) is 9.82. The largest absolute Gasteiger partial charge is 0.481 e. The Labute approximate surface area is 128 Å². The van der Waals surface area contributed by atoms with E-state index < -0.39 is 0 Å². The number of ether oxygens (including phenoxy) is 1. The molecule has 0 aromatic carbocycles. The molecule has 0 N–H and O–H groups in total. The molecule has 0 spiro atoms. The summed E-state index contributed by atoms with van der Waals surface area (Å²) in [5.41, 5.74) is 2.67. The van der Waals surface area contributed by atoms with Crippen LogP contribution in [0.2, 0.25) is 0 Å². The van der Waals surface area contributed by atoms with Crippen LogP contribution < -0.4 is 4.74 Å². The van der Waals surface area contributed by atoms with Crippen LogP contribution in [0.15, 0.2) is 0 Å². The molecule has 112 valence electrons. The van der Waals surface area contributed by atoms with Crippen molar-refractivity contribution in [3.05, 3.63) is 16.3 Å². The normalized spacial score (nSPS) is 16.9. The topological polar surface area (TPSA) is 57.0 Å². The number of ketones is 1. The predicted octanol–water partition coefficient (Wildman–Crippen LogP) is 3.02. The van der Waals surface area contributed by atoms with Crippen LogP contribution >= 0.6 is 11.3 Å². The van der Waals surface area contributed by atoms with Crippen LogP contribution in [-0.4, -0.2) is 27.7 Å². The quantitative estimate of drug-likeness (QED) is 0.856. The summed E-state index contributed by atoms with van der Waals surface area (Å²) < 4.78 is 7.14. The summed E-state index contributed by atoms with van der Waals surface area (Å²) in [6.07, 6.45) is 1.43. The number of carbonyl (C=O) groups excluding carboxylic acids is 1. The fraction of sp³-hybridized carbons (Fsp3) is 0.533. The Kier molecular flexibility index (Phi) is 3.16. The second-order valence-corrected chi connectivity index (χ2v) is 7.33. The van der Waals surface area contributed by atoms with Crippen molar-refractivity contribution in [1.29, 1.82) is 0 Å². The minimum atomic E-state index is -0.0104. The molecule has 0 radical (unpaired) electrons. The van der Waals surface area contributed by atoms with Gasteiger partial charge in [-0.2, -0.15) is 5.10 Å². The highest BCUT2D eigenvalue weighted by Crippen LogP contribution is 2.42. The Morgan fingerprint density at radius 2 is 2.05 bits per heavy atom. The van der Waals surface area contributed by atoms with Crippen molar-refractivity contribution in [1.82, 2.24) is 14.8 Å². The van der Waals surface area contributed by atoms with Gasteiger partial charge in [0.2, 0.25) is 5.88 Å². The van der Waals surface area contributed by atoms with E-state index in [4.69, 9.17) is 9.72 Å². The van der Waals surface area contributed by atoms with Gasteiger partial charge in [-0.3, -0.25) is 4.79 Å². The molecule has 2 heterocycles. The molecular weight excluding hydrogens is 286 g/mol. The zero-order valence-corrected chi connectivity index (χ0v) is 13.8. The number of Topliss-reactive ketones (excluding diaryl/α,β-unsaturated/α-hetero) is 1. The van der Waals surface area contributed by atoms with Crippen molar-refractivity contribution in [3.63, 3.8) is 0 Å². The third-order valence-electron chi connectivity index (χ3n) is 3.81. The zero-order valence-electron chi connectivity index (χ0n) is 13.0. The molecule has 0 saturated carbocycles. The summed E-state index contributed by atoms with van der Waals surface area (Å²) in [7, 11) is 3.47. The van der Waals surface area contributed by atoms with E-state index in [1.807, 2.05) is 14.0 Å². The molecule has 1 aliphatic carbocycles. The summed E-state index contributed by atoms with van der Waals surface area (Å²) in [5, 5.41) is 5.21. The second-order valence-electron chi connectivity index (χ2n) is 6.33. The van der Waals surface area contributed by atoms with E-state index in [0.717, 1.165) is 33.3 Å². The molecule has 5 nitrogen and oxygen atoms in total. The molecule has 0 aliphatic heterocycles. The number of thiazole rings is 1. The first kappa shape index (κ1) is 14.3. The number of aryl methyl sites for hydroxylation is 2. The first-order valence-electron chi connectivity index (χ1n) is 6.93. The maximum Gasteiger partial charge on any atom is 0.222 e. The van der Waals surface area contributed by atoms with Crippen molar-refractivity contribution in [2.45, 2.75) is 33.6 Å². The molecule has 0 amide bonds. The monoisotopic (exact) mass is 305 g/mol. The van der Waals surface area contributed by atoms with Crippen LogP contribution in [0.25, 0.3) is 10.6 Å². The SMILES string of the molecule is COc1c(-c2nc3c(s2)C(=O)CC(C)(C)C3)c(C)nn1C. The minimum absolute atomic E-state index is 0.0104. The molecule has 2 aromatic heterocycles. The lowest BCUT2D eigenvalue weighted by atomic mass is 9.78. The van der Waals surface area contributed by atoms with E-state index in [1.165, 1.54) is 11.3 Å². The van der Waals surface area contributed by atoms with Crippen molar-refractivity contribution < 1.29 is 9.53 Å². The van der Waals surface area contributed by atoms with E-state index in [9.17, 15) is 4.79 Å². The molecule has 0 bridgehead atoms. The van der Waals surface area contributed by atoms with Gasteiger partial charge >= 0.3 is 0 Å². The predicted molar refractivity (Wildman–Crippen MR) is 82.0 cm³/mol. The highest BCUT2D eigenvalue weighted by molar-refractivity contribution is 7.17. The fourth-order valence-electron chi connectivity index (χ4n) is 2.94. The van der Waals surface area contributed by atoms with Gasteiger partial charge in [-0.15, -0.1) is 11.3 Å². The Balaban J connectivity index is 2.13. The smallest absolute Gasteiger partial charge is 0.222 e. The zero-order chi connectivity index (χ0) is 15.4. The van der Waals surface area contributed by atoms with Crippen LogP contribution in [0.3, 0.4) is 0 Å². The lowest BCUT2D eigenvalue weighted by Crippen LogP contribution is -2.25. The van der Waals surface area contributed by atoms with Crippen LogP contribution in [0.5, 0.6) is 5.88 Å². The number of hydrogen-bond donors (Lipinski definition) is 0. The van der Waals surface area contributed by atoms with Gasteiger partial charge in [0.1, 0.15) is 5.01 Å². The van der Waals surface area contributed by atoms with Crippen molar-refractivity contribution in [3.8, 4) is 16.5 Å². The molecule has 1 aliphatic rings. The molecule has 0 saturated heterocycles. The fourth-order valence-corrected chi connectivity index (χ4v) is 4.05. The third-order valence-corrected chi connectivity index (χ3v) is 4.97. The number of fused-ring (bicyclic) bond motifs is 1. The van der Waals surface area contributed by atoms with Crippen LogP contribution in [0.1, 0.15) is 41.3 Å². The van der Waals surface area contributed by atoms with E-state index in [1.54, 1.807) is 11.8 Å². The van der Waals surface area contributed by atoms with Crippen LogP contribution in [0.4, 0.5) is 0 Å². The van der Waals surface area contributed by atoms with Crippen molar-refractivity contribution in [2.75, 3.05) is 7.11 Å². The minimum Gasteiger partial charge on any atom is -0.481 e. The summed E-state index contributed by atoms with van der Waals surface area (Å²) in [5.74, 6) is 0.885. The van der Waals surface area contributed by atoms with Gasteiger partial charge in [-0.25, -0.2) is 9.67 Å². The summed E-state index contributed by atoms with van der Waals surface area (Å²) in [6.45, 7) is 6.16. The van der Waals surface area contributed by atoms with Crippen LogP contribution in [-0.2, 0) is 13.5 Å². The van der Waals surface area contributed by atoms with Crippen LogP contribution in [0, 0.1) is 12.3 Å². The first-order valence-corrected chi connectivity index (χ1v) is 7.75. The Bertz CT molecular complexity index is 728. The van der Waals surface area contributed by atoms with Gasteiger partial charge in [-0.1, -0.05) is 13.8 Å². The van der Waals surface area contributed by atoms with E-state index in [0.29, 0.717) is 12.3 Å². The Morgan fingerprint density at radius 1 is 1.33 bits per heavy atom. The van der Waals surface area contributed by atoms with Gasteiger partial charge in [0, 0.05) is 13.5 Å². The third kappa shape index (κ3) is 2.27. The maximum absolute atomic E-state index is 12.3. The average molecular weight is 305 g/mol.